The Bertz CT molecular complexity index is 2480. The maximum absolute atomic E-state index is 14.6. The van der Waals surface area contributed by atoms with Crippen molar-refractivity contribution in [3.05, 3.63) is 64.2 Å². The molecule has 0 fully saturated rings. The molecule has 6 N–H and O–H groups in total. The van der Waals surface area contributed by atoms with E-state index in [1.807, 2.05) is 6.92 Å². The summed E-state index contributed by atoms with van der Waals surface area (Å²) in [4.78, 5) is 91.3. The quantitative estimate of drug-likeness (QED) is 0.0148. The van der Waals surface area contributed by atoms with Gasteiger partial charge in [-0.15, -0.1) is 0 Å². The molecule has 0 spiro atoms. The average Bonchev–Trinajstić information content (AvgIpc) is 3.37. The summed E-state index contributed by atoms with van der Waals surface area (Å²) in [6.07, 6.45) is 26.6. The number of unbranched alkanes of at least 4 members (excludes halogenated alkanes) is 16. The predicted octanol–water partition coefficient (Wildman–Crippen LogP) is 9.76. The van der Waals surface area contributed by atoms with Gasteiger partial charge in [0.1, 0.15) is 11.8 Å². The Morgan fingerprint density at radius 2 is 1.29 bits per heavy atom. The van der Waals surface area contributed by atoms with Crippen LogP contribution in [0, 0.1) is 5.92 Å². The van der Waals surface area contributed by atoms with Crippen molar-refractivity contribution < 1.29 is 33.5 Å². The zero-order valence-corrected chi connectivity index (χ0v) is 44.2. The highest BCUT2D eigenvalue weighted by molar-refractivity contribution is 6.41. The van der Waals surface area contributed by atoms with Gasteiger partial charge in [0.2, 0.25) is 5.91 Å². The molecule has 2 atom stereocenters. The Labute approximate surface area is 432 Å². The van der Waals surface area contributed by atoms with E-state index >= 15 is 0 Å². The van der Waals surface area contributed by atoms with E-state index in [0.29, 0.717) is 11.3 Å². The molecule has 396 valence electrons. The molecule has 1 unspecified atom stereocenters. The minimum Gasteiger partial charge on any atom is -0.496 e. The van der Waals surface area contributed by atoms with Crippen LogP contribution in [-0.2, 0) is 9.59 Å². The van der Waals surface area contributed by atoms with Crippen molar-refractivity contribution in [3.63, 3.8) is 0 Å². The third-order valence-electron chi connectivity index (χ3n) is 13.8. The van der Waals surface area contributed by atoms with Crippen molar-refractivity contribution in [2.75, 3.05) is 37.5 Å². The molecule has 2 aliphatic heterocycles. The molecule has 0 saturated carbocycles. The lowest BCUT2D eigenvalue weighted by molar-refractivity contribution is -0.123. The van der Waals surface area contributed by atoms with E-state index < -0.39 is 41.5 Å². The van der Waals surface area contributed by atoms with Crippen LogP contribution in [0.25, 0.3) is 10.8 Å². The van der Waals surface area contributed by atoms with Gasteiger partial charge in [0, 0.05) is 44.0 Å². The Morgan fingerprint density at radius 1 is 0.699 bits per heavy atom. The van der Waals surface area contributed by atoms with Gasteiger partial charge < -0.3 is 21.1 Å². The molecule has 3 aromatic carbocycles. The maximum atomic E-state index is 14.6. The number of hydrazone groups is 2. The summed E-state index contributed by atoms with van der Waals surface area (Å²) in [5, 5.41) is 8.58. The number of methoxy groups -OCH3 is 1. The number of nitrogens with one attached hydrogen (secondary N) is 2. The van der Waals surface area contributed by atoms with Crippen molar-refractivity contribution in [3.8, 4) is 5.75 Å². The van der Waals surface area contributed by atoms with Crippen LogP contribution in [-0.4, -0.2) is 92.5 Å². The molecular formula is C56H80N10O7. The first kappa shape index (κ1) is 57.3. The smallest absolute Gasteiger partial charge is 0.268 e. The molecule has 6 amide bonds. The number of imide groups is 2. The van der Waals surface area contributed by atoms with Crippen molar-refractivity contribution in [1.82, 2.24) is 15.8 Å². The van der Waals surface area contributed by atoms with Gasteiger partial charge in [-0.2, -0.15) is 10.2 Å². The van der Waals surface area contributed by atoms with Crippen LogP contribution in [0.2, 0.25) is 0 Å². The van der Waals surface area contributed by atoms with Crippen LogP contribution in [0.3, 0.4) is 0 Å². The number of hydrogen-bond donors (Lipinski definition) is 4. The van der Waals surface area contributed by atoms with Gasteiger partial charge in [-0.05, 0) is 61.4 Å². The third-order valence-corrected chi connectivity index (χ3v) is 13.8. The highest BCUT2D eigenvalue weighted by Crippen LogP contribution is 2.46. The molecule has 0 bridgehead atoms. The molecule has 0 aromatic heterocycles. The lowest BCUT2D eigenvalue weighted by atomic mass is 9.83. The van der Waals surface area contributed by atoms with Crippen molar-refractivity contribution >= 4 is 76.0 Å². The number of hydrogen-bond acceptors (Lipinski definition) is 11. The molecule has 73 heavy (non-hydrogen) atoms. The number of anilines is 2. The van der Waals surface area contributed by atoms with Gasteiger partial charge in [-0.3, -0.25) is 33.7 Å². The van der Waals surface area contributed by atoms with Crippen molar-refractivity contribution in [2.24, 2.45) is 32.6 Å². The molecule has 5 rings (SSSR count). The number of rotatable bonds is 33. The van der Waals surface area contributed by atoms with E-state index in [-0.39, 0.29) is 75.7 Å². The van der Waals surface area contributed by atoms with Crippen molar-refractivity contribution in [1.29, 1.82) is 0 Å². The van der Waals surface area contributed by atoms with Crippen molar-refractivity contribution in [2.45, 2.75) is 168 Å². The van der Waals surface area contributed by atoms with Gasteiger partial charge in [0.25, 0.3) is 29.5 Å². The number of ether oxygens (including phenoxy) is 1. The fourth-order valence-corrected chi connectivity index (χ4v) is 9.65. The highest BCUT2D eigenvalue weighted by atomic mass is 16.5. The summed E-state index contributed by atoms with van der Waals surface area (Å²) in [5.41, 5.74) is 18.0. The second kappa shape index (κ2) is 29.2. The summed E-state index contributed by atoms with van der Waals surface area (Å²) >= 11 is 0. The summed E-state index contributed by atoms with van der Waals surface area (Å²) in [6.45, 7) is 6.65. The molecular weight excluding hydrogens is 925 g/mol. The fraction of sp³-hybridized carbons (Fsp3) is 0.554. The largest absolute Gasteiger partial charge is 0.496 e. The van der Waals surface area contributed by atoms with E-state index in [1.165, 1.54) is 108 Å². The Morgan fingerprint density at radius 3 is 1.86 bits per heavy atom. The molecule has 0 aliphatic carbocycles. The van der Waals surface area contributed by atoms with Crippen LogP contribution in [0.15, 0.2) is 51.6 Å². The topological polar surface area (TPSA) is 235 Å². The van der Waals surface area contributed by atoms with Gasteiger partial charge >= 0.3 is 0 Å². The standard InChI is InChI=1S/C56H80N10O7/c1-7-10-12-13-14-15-16-17-18-19-20-21-22-23-24-25-33-59-63-51(68)43(61-56(57)58)31-32-46(67)62-60-36-39-27-29-40(30-28-39)66-53(70)42-35-45(73-6)50-48-41(34-44(64(4)5)49(47(42)48)55(66)72)52(69)65(54(50)71)37-38(9-3)26-11-8-2/h27-30,33-36,38,43H,7-26,31-32,37H2,1-6H3,(H,62,67)(H,63,68)(H4,57,58,61)/b59-33-,60-36-/t38?,43-/m0/s1. The van der Waals surface area contributed by atoms with E-state index in [4.69, 9.17) is 16.2 Å². The number of aliphatic imine (C=N–C) groups is 1. The molecule has 0 radical (unpaired) electrons. The SMILES string of the molecule is CCCCCCCCCCCCCCCCC/C=N\NC(=O)[C@H](CCC(=O)N/N=C\c1ccc(N2C(=O)c3cc(OC)c4c5c(cc(N(C)C)c(c35)C2=O)C(=O)N(CC(CC)CCCC)C4=O)cc1)N=C(N)N. The molecule has 17 heteroatoms. The lowest BCUT2D eigenvalue weighted by Gasteiger charge is -2.35. The minimum absolute atomic E-state index is 0.00328. The first-order valence-corrected chi connectivity index (χ1v) is 26.7. The monoisotopic (exact) mass is 1000 g/mol. The van der Waals surface area contributed by atoms with Crippen LogP contribution in [0.1, 0.15) is 209 Å². The predicted molar refractivity (Wildman–Crippen MR) is 292 cm³/mol. The number of benzene rings is 3. The zero-order chi connectivity index (χ0) is 52.9. The van der Waals surface area contributed by atoms with E-state index in [1.54, 1.807) is 55.5 Å². The Balaban J connectivity index is 1.13. The number of nitrogens with zero attached hydrogens (tertiary/aromatic N) is 6. The first-order chi connectivity index (χ1) is 35.3. The number of carbonyl (C=O) groups excluding carboxylic acids is 6. The van der Waals surface area contributed by atoms with Gasteiger partial charge in [0.05, 0.1) is 47.0 Å². The average molecular weight is 1010 g/mol. The van der Waals surface area contributed by atoms with Gasteiger partial charge in [-0.1, -0.05) is 142 Å². The lowest BCUT2D eigenvalue weighted by Crippen LogP contribution is -2.45. The van der Waals surface area contributed by atoms with Crippen LogP contribution in [0.5, 0.6) is 5.75 Å². The summed E-state index contributed by atoms with van der Waals surface area (Å²) in [6, 6.07) is 8.49. The Kier molecular flexibility index (Phi) is 22.9. The van der Waals surface area contributed by atoms with E-state index in [0.717, 1.165) is 49.8 Å². The van der Waals surface area contributed by atoms with Gasteiger partial charge in [-0.25, -0.2) is 20.7 Å². The number of nitrogens with two attached hydrogens (primary N) is 2. The molecule has 3 aromatic rings. The van der Waals surface area contributed by atoms with Crippen LogP contribution >= 0.6 is 0 Å². The summed E-state index contributed by atoms with van der Waals surface area (Å²) in [5.74, 6) is -3.35. The minimum atomic E-state index is -1.04. The van der Waals surface area contributed by atoms with Crippen LogP contribution < -0.4 is 36.9 Å². The zero-order valence-electron chi connectivity index (χ0n) is 44.2. The first-order valence-electron chi connectivity index (χ1n) is 26.7. The number of guanidine groups is 1. The number of carbonyl (C=O) groups is 6. The van der Waals surface area contributed by atoms with Crippen LogP contribution in [0.4, 0.5) is 11.4 Å². The maximum Gasteiger partial charge on any atom is 0.268 e. The fourth-order valence-electron chi connectivity index (χ4n) is 9.65. The number of amides is 6. The third kappa shape index (κ3) is 15.4. The molecule has 17 nitrogen and oxygen atoms in total. The Hall–Kier alpha value is -6.65. The molecule has 0 saturated heterocycles. The van der Waals surface area contributed by atoms with E-state index in [9.17, 15) is 28.8 Å². The molecule has 2 heterocycles. The summed E-state index contributed by atoms with van der Waals surface area (Å²) < 4.78 is 5.75. The highest BCUT2D eigenvalue weighted by Gasteiger charge is 2.44. The second-order valence-corrected chi connectivity index (χ2v) is 19.6. The summed E-state index contributed by atoms with van der Waals surface area (Å²) in [7, 11) is 4.91. The van der Waals surface area contributed by atoms with Gasteiger partial charge in [0.15, 0.2) is 5.96 Å². The van der Waals surface area contributed by atoms with E-state index in [2.05, 4.69) is 39.9 Å². The second-order valence-electron chi connectivity index (χ2n) is 19.6. The normalized spacial score (nSPS) is 14.1. The molecule has 2 aliphatic rings.